The third kappa shape index (κ3) is 3.54. The van der Waals surface area contributed by atoms with Gasteiger partial charge in [-0.05, 0) is 17.5 Å². The summed E-state index contributed by atoms with van der Waals surface area (Å²) in [5.74, 6) is 2.36. The average molecular weight is 261 g/mol. The second-order valence-electron chi connectivity index (χ2n) is 4.58. The Morgan fingerprint density at radius 3 is 2.63 bits per heavy atom. The molecule has 0 saturated carbocycles. The molecule has 5 nitrogen and oxygen atoms in total. The van der Waals surface area contributed by atoms with E-state index in [-0.39, 0.29) is 6.54 Å². The summed E-state index contributed by atoms with van der Waals surface area (Å²) in [6.07, 6.45) is 0.583. The van der Waals surface area contributed by atoms with E-state index in [0.717, 1.165) is 5.75 Å². The fraction of sp³-hybridized carbons (Fsp3) is 0.429. The third-order valence-electron chi connectivity index (χ3n) is 2.80. The summed E-state index contributed by atoms with van der Waals surface area (Å²) in [4.78, 5) is 0. The van der Waals surface area contributed by atoms with Gasteiger partial charge in [-0.3, -0.25) is 0 Å². The van der Waals surface area contributed by atoms with E-state index in [0.29, 0.717) is 30.7 Å². The lowest BCUT2D eigenvalue weighted by Gasteiger charge is -2.13. The zero-order chi connectivity index (χ0) is 13.7. The van der Waals surface area contributed by atoms with Crippen molar-refractivity contribution in [3.63, 3.8) is 0 Å². The van der Waals surface area contributed by atoms with Gasteiger partial charge in [0.15, 0.2) is 0 Å². The van der Waals surface area contributed by atoms with Gasteiger partial charge in [-0.25, -0.2) is 0 Å². The molecule has 0 fully saturated rings. The summed E-state index contributed by atoms with van der Waals surface area (Å²) in [7, 11) is 0. The molecule has 1 aromatic heterocycles. The number of rotatable bonds is 6. The third-order valence-corrected chi connectivity index (χ3v) is 2.80. The molecule has 2 N–H and O–H groups in total. The van der Waals surface area contributed by atoms with Gasteiger partial charge in [-0.15, -0.1) is 10.2 Å². The molecule has 0 radical (unpaired) electrons. The summed E-state index contributed by atoms with van der Waals surface area (Å²) < 4.78 is 11.1. The van der Waals surface area contributed by atoms with Gasteiger partial charge in [0.1, 0.15) is 5.75 Å². The Labute approximate surface area is 112 Å². The molecule has 2 aromatic rings. The van der Waals surface area contributed by atoms with E-state index in [1.54, 1.807) is 0 Å². The fourth-order valence-corrected chi connectivity index (χ4v) is 1.81. The number of ether oxygens (including phenoxy) is 1. The van der Waals surface area contributed by atoms with Gasteiger partial charge in [0.2, 0.25) is 11.8 Å². The SMILES string of the molecule is CC(C)c1ccccc1OCCc1nnc(CN)o1. The quantitative estimate of drug-likeness (QED) is 0.863. The van der Waals surface area contributed by atoms with Gasteiger partial charge in [0, 0.05) is 0 Å². The van der Waals surface area contributed by atoms with Gasteiger partial charge >= 0.3 is 0 Å². The highest BCUT2D eigenvalue weighted by Gasteiger charge is 2.08. The normalized spacial score (nSPS) is 10.9. The minimum absolute atomic E-state index is 0.268. The molecule has 1 aromatic carbocycles. The molecule has 0 unspecified atom stereocenters. The number of nitrogens with zero attached hydrogens (tertiary/aromatic N) is 2. The van der Waals surface area contributed by atoms with Crippen LogP contribution >= 0.6 is 0 Å². The fourth-order valence-electron chi connectivity index (χ4n) is 1.81. The molecule has 102 valence electrons. The second kappa shape index (κ2) is 6.33. The highest BCUT2D eigenvalue weighted by atomic mass is 16.5. The number of nitrogens with two attached hydrogens (primary N) is 1. The van der Waals surface area contributed by atoms with Crippen molar-refractivity contribution >= 4 is 0 Å². The second-order valence-corrected chi connectivity index (χ2v) is 4.58. The first-order chi connectivity index (χ1) is 9.20. The molecule has 0 atom stereocenters. The van der Waals surface area contributed by atoms with E-state index in [1.165, 1.54) is 5.56 Å². The van der Waals surface area contributed by atoms with Crippen molar-refractivity contribution < 1.29 is 9.15 Å². The van der Waals surface area contributed by atoms with Gasteiger partial charge in [-0.1, -0.05) is 32.0 Å². The Bertz CT molecular complexity index is 523. The molecule has 0 bridgehead atoms. The van der Waals surface area contributed by atoms with Crippen LogP contribution in [0.25, 0.3) is 0 Å². The number of aromatic nitrogens is 2. The maximum absolute atomic E-state index is 5.79. The van der Waals surface area contributed by atoms with Gasteiger partial charge < -0.3 is 14.9 Å². The largest absolute Gasteiger partial charge is 0.493 e. The molecule has 0 aliphatic carbocycles. The molecule has 0 saturated heterocycles. The Balaban J connectivity index is 1.92. The lowest BCUT2D eigenvalue weighted by atomic mass is 10.0. The van der Waals surface area contributed by atoms with Crippen LogP contribution in [0.3, 0.4) is 0 Å². The molecule has 0 spiro atoms. The van der Waals surface area contributed by atoms with E-state index >= 15 is 0 Å². The van der Waals surface area contributed by atoms with Crippen LogP contribution in [0.15, 0.2) is 28.7 Å². The molecule has 1 heterocycles. The average Bonchev–Trinajstić information content (AvgIpc) is 2.87. The number of hydrogen-bond donors (Lipinski definition) is 1. The summed E-state index contributed by atoms with van der Waals surface area (Å²) in [5, 5.41) is 7.71. The maximum atomic E-state index is 5.79. The van der Waals surface area contributed by atoms with Crippen LogP contribution in [0.1, 0.15) is 37.1 Å². The van der Waals surface area contributed by atoms with E-state index in [4.69, 9.17) is 14.9 Å². The van der Waals surface area contributed by atoms with Crippen LogP contribution < -0.4 is 10.5 Å². The maximum Gasteiger partial charge on any atom is 0.230 e. The predicted molar refractivity (Wildman–Crippen MR) is 71.9 cm³/mol. The van der Waals surface area contributed by atoms with Crippen molar-refractivity contribution in [1.29, 1.82) is 0 Å². The first-order valence-electron chi connectivity index (χ1n) is 6.43. The summed E-state index contributed by atoms with van der Waals surface area (Å²) in [5.41, 5.74) is 6.61. The molecular weight excluding hydrogens is 242 g/mol. The number of para-hydroxylation sites is 1. The van der Waals surface area contributed by atoms with Gasteiger partial charge in [0.05, 0.1) is 19.6 Å². The molecule has 0 amide bonds. The Hall–Kier alpha value is -1.88. The molecule has 0 aliphatic heterocycles. The minimum atomic E-state index is 0.268. The lowest BCUT2D eigenvalue weighted by molar-refractivity contribution is 0.300. The lowest BCUT2D eigenvalue weighted by Crippen LogP contribution is -2.04. The van der Waals surface area contributed by atoms with Crippen LogP contribution in [0.5, 0.6) is 5.75 Å². The zero-order valence-electron chi connectivity index (χ0n) is 11.3. The zero-order valence-corrected chi connectivity index (χ0v) is 11.3. The first-order valence-corrected chi connectivity index (χ1v) is 6.43. The summed E-state index contributed by atoms with van der Waals surface area (Å²) >= 11 is 0. The smallest absolute Gasteiger partial charge is 0.230 e. The number of hydrogen-bond acceptors (Lipinski definition) is 5. The van der Waals surface area contributed by atoms with E-state index in [1.807, 2.05) is 18.2 Å². The Morgan fingerprint density at radius 1 is 1.21 bits per heavy atom. The van der Waals surface area contributed by atoms with Crippen molar-refractivity contribution in [2.45, 2.75) is 32.7 Å². The highest BCUT2D eigenvalue weighted by Crippen LogP contribution is 2.25. The van der Waals surface area contributed by atoms with E-state index in [9.17, 15) is 0 Å². The molecule has 5 heteroatoms. The van der Waals surface area contributed by atoms with Crippen molar-refractivity contribution in [2.75, 3.05) is 6.61 Å². The summed E-state index contributed by atoms with van der Waals surface area (Å²) in [6.45, 7) is 5.07. The molecule has 0 aliphatic rings. The number of benzene rings is 1. The van der Waals surface area contributed by atoms with Crippen molar-refractivity contribution in [3.8, 4) is 5.75 Å². The monoisotopic (exact) mass is 261 g/mol. The molecule has 19 heavy (non-hydrogen) atoms. The van der Waals surface area contributed by atoms with Crippen molar-refractivity contribution in [3.05, 3.63) is 41.6 Å². The Kier molecular flexibility index (Phi) is 4.52. The van der Waals surface area contributed by atoms with Crippen LogP contribution in [0, 0.1) is 0 Å². The Morgan fingerprint density at radius 2 is 1.95 bits per heavy atom. The standard InChI is InChI=1S/C14H19N3O2/c1-10(2)11-5-3-4-6-12(11)18-8-7-13-16-17-14(9-15)19-13/h3-6,10H,7-9,15H2,1-2H3. The van der Waals surface area contributed by atoms with Crippen LogP contribution in [0.4, 0.5) is 0 Å². The first kappa shape index (κ1) is 13.5. The van der Waals surface area contributed by atoms with Crippen molar-refractivity contribution in [2.24, 2.45) is 5.73 Å². The van der Waals surface area contributed by atoms with Crippen LogP contribution in [-0.2, 0) is 13.0 Å². The van der Waals surface area contributed by atoms with E-state index in [2.05, 4.69) is 30.1 Å². The predicted octanol–water partition coefficient (Wildman–Crippen LogP) is 2.27. The highest BCUT2D eigenvalue weighted by molar-refractivity contribution is 5.35. The van der Waals surface area contributed by atoms with Gasteiger partial charge in [0.25, 0.3) is 0 Å². The van der Waals surface area contributed by atoms with Crippen LogP contribution in [0.2, 0.25) is 0 Å². The molecule has 2 rings (SSSR count). The van der Waals surface area contributed by atoms with Crippen molar-refractivity contribution in [1.82, 2.24) is 10.2 Å². The van der Waals surface area contributed by atoms with E-state index < -0.39 is 0 Å². The van der Waals surface area contributed by atoms with Gasteiger partial charge in [-0.2, -0.15) is 0 Å². The molecular formula is C14H19N3O2. The minimum Gasteiger partial charge on any atom is -0.493 e. The topological polar surface area (TPSA) is 74.2 Å². The van der Waals surface area contributed by atoms with Crippen LogP contribution in [-0.4, -0.2) is 16.8 Å². The summed E-state index contributed by atoms with van der Waals surface area (Å²) in [6, 6.07) is 8.06.